The molecule has 152 valence electrons. The van der Waals surface area contributed by atoms with Gasteiger partial charge in [-0.05, 0) is 41.9 Å². The van der Waals surface area contributed by atoms with E-state index in [2.05, 4.69) is 32.6 Å². The molecule has 2 aliphatic rings. The van der Waals surface area contributed by atoms with Gasteiger partial charge in [-0.25, -0.2) is 16.8 Å². The van der Waals surface area contributed by atoms with Crippen molar-refractivity contribution in [3.05, 3.63) is 29.8 Å². The number of benzene rings is 1. The number of hydrogen-bond acceptors (Lipinski definition) is 5. The summed E-state index contributed by atoms with van der Waals surface area (Å²) in [4.78, 5) is 2.35. The highest BCUT2D eigenvalue weighted by atomic mass is 32.2. The summed E-state index contributed by atoms with van der Waals surface area (Å²) >= 11 is 0. The molecule has 1 aromatic carbocycles. The van der Waals surface area contributed by atoms with Gasteiger partial charge in [-0.2, -0.15) is 0 Å². The molecule has 1 aromatic rings. The molecule has 3 rings (SSSR count). The van der Waals surface area contributed by atoms with Crippen LogP contribution in [0.15, 0.2) is 29.2 Å². The van der Waals surface area contributed by atoms with Crippen molar-refractivity contribution in [2.45, 2.75) is 56.2 Å². The Morgan fingerprint density at radius 3 is 2.07 bits per heavy atom. The van der Waals surface area contributed by atoms with E-state index in [1.807, 2.05) is 12.1 Å². The van der Waals surface area contributed by atoms with E-state index in [0.717, 1.165) is 25.1 Å². The van der Waals surface area contributed by atoms with Crippen LogP contribution in [0.25, 0.3) is 0 Å². The molecule has 0 spiro atoms. The molecule has 0 aliphatic carbocycles. The fourth-order valence-electron chi connectivity index (χ4n) is 4.63. The monoisotopic (exact) mass is 413 g/mol. The van der Waals surface area contributed by atoms with Gasteiger partial charge in [0.05, 0.1) is 21.7 Å². The minimum atomic E-state index is -3.71. The minimum absolute atomic E-state index is 0.0551. The number of nitrogens with zero attached hydrogens (tertiary/aromatic N) is 1. The fraction of sp³-hybridized carbons (Fsp3) is 0.700. The van der Waals surface area contributed by atoms with Gasteiger partial charge in [0.15, 0.2) is 19.7 Å². The second-order valence-corrected chi connectivity index (χ2v) is 13.2. The number of piperidine rings is 1. The minimum Gasteiger partial charge on any atom is -0.297 e. The van der Waals surface area contributed by atoms with Gasteiger partial charge in [0.25, 0.3) is 0 Å². The van der Waals surface area contributed by atoms with Crippen LogP contribution in [0.2, 0.25) is 0 Å². The second kappa shape index (κ2) is 7.48. The molecule has 0 N–H and O–H groups in total. The molecule has 2 aliphatic heterocycles. The van der Waals surface area contributed by atoms with Gasteiger partial charge in [0.1, 0.15) is 0 Å². The first-order valence-electron chi connectivity index (χ1n) is 9.78. The van der Waals surface area contributed by atoms with Gasteiger partial charge in [-0.15, -0.1) is 0 Å². The normalized spacial score (nSPS) is 32.0. The highest BCUT2D eigenvalue weighted by molar-refractivity contribution is 7.96. The van der Waals surface area contributed by atoms with Crippen molar-refractivity contribution < 1.29 is 16.8 Å². The summed E-state index contributed by atoms with van der Waals surface area (Å²) in [6, 6.07) is 6.49. The number of likely N-dealkylation sites (tertiary alicyclic amines) is 1. The lowest BCUT2D eigenvalue weighted by molar-refractivity contribution is 0.107. The molecule has 0 amide bonds. The zero-order chi connectivity index (χ0) is 20.0. The van der Waals surface area contributed by atoms with Crippen molar-refractivity contribution in [3.63, 3.8) is 0 Å². The van der Waals surface area contributed by atoms with Crippen LogP contribution in [0, 0.1) is 11.8 Å². The van der Waals surface area contributed by atoms with E-state index in [4.69, 9.17) is 0 Å². The van der Waals surface area contributed by atoms with Gasteiger partial charge in [0, 0.05) is 19.1 Å². The summed E-state index contributed by atoms with van der Waals surface area (Å²) in [5, 5.41) is -0.884. The first-order chi connectivity index (χ1) is 12.5. The SMILES string of the molecule is CC(C)c1ccc(S(=O)(=O)[C@H]2CS(=O)(=O)C[C@@H]2N2C[C@H](C)C[C@H](C)C2)cc1. The van der Waals surface area contributed by atoms with Crippen molar-refractivity contribution in [3.8, 4) is 0 Å². The summed E-state index contributed by atoms with van der Waals surface area (Å²) in [5.74, 6) is 0.889. The summed E-state index contributed by atoms with van der Waals surface area (Å²) in [6.45, 7) is 9.95. The molecular formula is C20H31NO4S2. The van der Waals surface area contributed by atoms with Crippen LogP contribution in [0.1, 0.15) is 45.6 Å². The lowest BCUT2D eigenvalue weighted by Gasteiger charge is -2.40. The van der Waals surface area contributed by atoms with E-state index in [1.54, 1.807) is 12.1 Å². The van der Waals surface area contributed by atoms with Gasteiger partial charge < -0.3 is 0 Å². The second-order valence-electron chi connectivity index (χ2n) is 8.85. The van der Waals surface area contributed by atoms with Crippen LogP contribution < -0.4 is 0 Å². The molecule has 0 bridgehead atoms. The average Bonchev–Trinajstić information content (AvgIpc) is 2.90. The summed E-state index contributed by atoms with van der Waals surface area (Å²) in [5.41, 5.74) is 1.07. The standard InChI is InChI=1S/C20H31NO4S2/c1-14(2)17-5-7-18(8-6-17)27(24,25)20-13-26(22,23)12-19(20)21-10-15(3)9-16(4)11-21/h5-8,14-16,19-20H,9-13H2,1-4H3/t15-,16+,19-,20-/m0/s1. The van der Waals surface area contributed by atoms with E-state index in [9.17, 15) is 16.8 Å². The van der Waals surface area contributed by atoms with E-state index in [1.165, 1.54) is 0 Å². The molecule has 0 saturated carbocycles. The number of hydrogen-bond donors (Lipinski definition) is 0. The highest BCUT2D eigenvalue weighted by Gasteiger charge is 2.49. The molecule has 0 unspecified atom stereocenters. The topological polar surface area (TPSA) is 71.5 Å². The van der Waals surface area contributed by atoms with Crippen LogP contribution in [0.3, 0.4) is 0 Å². The molecule has 27 heavy (non-hydrogen) atoms. The Labute approximate surface area is 164 Å². The van der Waals surface area contributed by atoms with Crippen LogP contribution in [0.5, 0.6) is 0 Å². The lowest BCUT2D eigenvalue weighted by Crippen LogP contribution is -2.51. The number of sulfone groups is 2. The van der Waals surface area contributed by atoms with Gasteiger partial charge >= 0.3 is 0 Å². The third-order valence-corrected chi connectivity index (χ3v) is 10.0. The predicted octanol–water partition coefficient (Wildman–Crippen LogP) is 2.73. The van der Waals surface area contributed by atoms with Crippen molar-refractivity contribution >= 4 is 19.7 Å². The van der Waals surface area contributed by atoms with E-state index in [-0.39, 0.29) is 16.4 Å². The van der Waals surface area contributed by atoms with Crippen LogP contribution in [-0.4, -0.2) is 57.6 Å². The van der Waals surface area contributed by atoms with E-state index < -0.39 is 31.0 Å². The fourth-order valence-corrected chi connectivity index (χ4v) is 9.46. The summed E-state index contributed by atoms with van der Waals surface area (Å²) < 4.78 is 51.4. The predicted molar refractivity (Wildman–Crippen MR) is 108 cm³/mol. The molecule has 0 radical (unpaired) electrons. The first-order valence-corrected chi connectivity index (χ1v) is 13.1. The molecular weight excluding hydrogens is 382 g/mol. The van der Waals surface area contributed by atoms with Gasteiger partial charge in [0.2, 0.25) is 0 Å². The summed E-state index contributed by atoms with van der Waals surface area (Å²) in [6.07, 6.45) is 1.10. The summed E-state index contributed by atoms with van der Waals surface area (Å²) in [7, 11) is -7.07. The van der Waals surface area contributed by atoms with Crippen LogP contribution in [-0.2, 0) is 19.7 Å². The maximum Gasteiger partial charge on any atom is 0.183 e. The van der Waals surface area contributed by atoms with Crippen molar-refractivity contribution in [2.75, 3.05) is 24.6 Å². The Morgan fingerprint density at radius 1 is 1.00 bits per heavy atom. The Bertz CT molecular complexity index is 865. The molecule has 0 aromatic heterocycles. The average molecular weight is 414 g/mol. The maximum atomic E-state index is 13.3. The van der Waals surface area contributed by atoms with Crippen LogP contribution >= 0.6 is 0 Å². The Balaban J connectivity index is 1.93. The van der Waals surface area contributed by atoms with Crippen molar-refractivity contribution in [1.29, 1.82) is 0 Å². The smallest absolute Gasteiger partial charge is 0.183 e. The van der Waals surface area contributed by atoms with Gasteiger partial charge in [-0.3, -0.25) is 4.90 Å². The quantitative estimate of drug-likeness (QED) is 0.759. The van der Waals surface area contributed by atoms with E-state index >= 15 is 0 Å². The molecule has 2 fully saturated rings. The molecule has 4 atom stereocenters. The van der Waals surface area contributed by atoms with Gasteiger partial charge in [-0.1, -0.05) is 39.8 Å². The molecule has 2 saturated heterocycles. The Hall–Kier alpha value is -0.920. The largest absolute Gasteiger partial charge is 0.297 e. The first kappa shape index (κ1) is 20.8. The zero-order valence-electron chi connectivity index (χ0n) is 16.6. The third-order valence-electron chi connectivity index (χ3n) is 5.91. The maximum absolute atomic E-state index is 13.3. The Kier molecular flexibility index (Phi) is 5.77. The lowest BCUT2D eigenvalue weighted by atomic mass is 9.91. The van der Waals surface area contributed by atoms with Crippen LogP contribution in [0.4, 0.5) is 0 Å². The van der Waals surface area contributed by atoms with Crippen molar-refractivity contribution in [1.82, 2.24) is 4.90 Å². The zero-order valence-corrected chi connectivity index (χ0v) is 18.3. The molecule has 5 nitrogen and oxygen atoms in total. The van der Waals surface area contributed by atoms with Crippen molar-refractivity contribution in [2.24, 2.45) is 11.8 Å². The molecule has 7 heteroatoms. The van der Waals surface area contributed by atoms with E-state index in [0.29, 0.717) is 17.8 Å². The molecule has 2 heterocycles. The Morgan fingerprint density at radius 2 is 1.56 bits per heavy atom. The number of rotatable bonds is 4. The highest BCUT2D eigenvalue weighted by Crippen LogP contribution is 2.33. The third kappa shape index (κ3) is 4.40.